The first-order valence-electron chi connectivity index (χ1n) is 12.2. The van der Waals surface area contributed by atoms with Crippen LogP contribution in [0.25, 0.3) is 11.0 Å². The molecule has 2 aromatic carbocycles. The Morgan fingerprint density at radius 1 is 1.19 bits per heavy atom. The van der Waals surface area contributed by atoms with Crippen molar-refractivity contribution in [1.29, 1.82) is 0 Å². The molecular weight excluding hydrogens is 463 g/mol. The Bertz CT molecular complexity index is 1270. The van der Waals surface area contributed by atoms with Gasteiger partial charge in [0.05, 0.1) is 29.6 Å². The van der Waals surface area contributed by atoms with Crippen LogP contribution >= 0.6 is 0 Å². The number of carbonyl (C=O) groups excluding carboxylic acids is 3. The van der Waals surface area contributed by atoms with E-state index in [0.717, 1.165) is 34.6 Å². The first kappa shape index (κ1) is 24.1. The summed E-state index contributed by atoms with van der Waals surface area (Å²) in [6.45, 7) is 1.22. The lowest BCUT2D eigenvalue weighted by Gasteiger charge is -2.35. The van der Waals surface area contributed by atoms with Gasteiger partial charge in [0, 0.05) is 44.5 Å². The molecule has 1 aromatic heterocycles. The maximum absolute atomic E-state index is 15.0. The van der Waals surface area contributed by atoms with E-state index in [1.54, 1.807) is 11.0 Å². The van der Waals surface area contributed by atoms with Crippen molar-refractivity contribution in [3.05, 3.63) is 65.7 Å². The average molecular weight is 493 g/mol. The van der Waals surface area contributed by atoms with Gasteiger partial charge in [0.25, 0.3) is 0 Å². The van der Waals surface area contributed by atoms with Crippen LogP contribution in [0.2, 0.25) is 0 Å². The van der Waals surface area contributed by atoms with Crippen LogP contribution < -0.4 is 0 Å². The van der Waals surface area contributed by atoms with E-state index in [1.807, 2.05) is 24.3 Å². The molecule has 0 spiro atoms. The zero-order valence-corrected chi connectivity index (χ0v) is 20.2. The molecule has 36 heavy (non-hydrogen) atoms. The van der Waals surface area contributed by atoms with Gasteiger partial charge in [-0.1, -0.05) is 30.3 Å². The van der Waals surface area contributed by atoms with Crippen LogP contribution in [0.15, 0.2) is 48.5 Å². The van der Waals surface area contributed by atoms with Crippen molar-refractivity contribution in [3.8, 4) is 0 Å². The smallest absolute Gasteiger partial charge is 0.241 e. The molecule has 2 unspecified atom stereocenters. The van der Waals surface area contributed by atoms with E-state index in [0.29, 0.717) is 13.1 Å². The molecule has 1 N–H and O–H groups in total. The number of nitrogens with one attached hydrogen (secondary N) is 1. The van der Waals surface area contributed by atoms with Crippen LogP contribution in [0.1, 0.15) is 43.0 Å². The molecule has 9 heteroatoms. The molecule has 2 atom stereocenters. The molecule has 2 saturated heterocycles. The lowest BCUT2D eigenvalue weighted by molar-refractivity contribution is -0.143. The van der Waals surface area contributed by atoms with E-state index in [1.165, 1.54) is 25.3 Å². The number of nitrogens with zero attached hydrogens (tertiary/aromatic N) is 3. The summed E-state index contributed by atoms with van der Waals surface area (Å²) < 4.78 is 20.0. The summed E-state index contributed by atoms with van der Waals surface area (Å²) in [6.07, 6.45) is 1.15. The van der Waals surface area contributed by atoms with Gasteiger partial charge in [-0.15, -0.1) is 0 Å². The number of hydrogen-bond donors (Lipinski definition) is 1. The molecule has 5 rings (SSSR count). The van der Waals surface area contributed by atoms with Gasteiger partial charge in [0.1, 0.15) is 11.6 Å². The van der Waals surface area contributed by atoms with Gasteiger partial charge in [-0.2, -0.15) is 0 Å². The molecule has 3 heterocycles. The molecule has 0 radical (unpaired) electrons. The van der Waals surface area contributed by atoms with Crippen molar-refractivity contribution in [2.45, 2.75) is 37.0 Å². The topological polar surface area (TPSA) is 95.6 Å². The number of carbonyl (C=O) groups is 3. The van der Waals surface area contributed by atoms with E-state index in [2.05, 4.69) is 4.98 Å². The molecular formula is C27H29FN4O4. The molecule has 2 aliphatic rings. The number of imide groups is 1. The Kier molecular flexibility index (Phi) is 6.57. The van der Waals surface area contributed by atoms with Crippen molar-refractivity contribution < 1.29 is 23.5 Å². The SMILES string of the molecule is COCCN1C(=O)CC(CC(=O)N2CCCC(c3nc4ccccc4[nH]3)C2)(c2ccccc2F)C1=O. The van der Waals surface area contributed by atoms with Crippen LogP contribution in [-0.2, 0) is 24.5 Å². The number of ether oxygens (including phenoxy) is 1. The number of fused-ring (bicyclic) bond motifs is 1. The molecule has 0 saturated carbocycles. The Morgan fingerprint density at radius 3 is 2.75 bits per heavy atom. The fraction of sp³-hybridized carbons (Fsp3) is 0.407. The summed E-state index contributed by atoms with van der Waals surface area (Å²) in [4.78, 5) is 51.0. The van der Waals surface area contributed by atoms with Crippen LogP contribution in [0.3, 0.4) is 0 Å². The zero-order valence-electron chi connectivity index (χ0n) is 20.2. The minimum absolute atomic E-state index is 0.0265. The maximum atomic E-state index is 15.0. The predicted octanol–water partition coefficient (Wildman–Crippen LogP) is 3.14. The molecule has 3 amide bonds. The highest BCUT2D eigenvalue weighted by atomic mass is 19.1. The number of H-pyrrole nitrogens is 1. The number of imidazole rings is 1. The Morgan fingerprint density at radius 2 is 1.97 bits per heavy atom. The normalized spacial score (nSPS) is 22.6. The summed E-state index contributed by atoms with van der Waals surface area (Å²) in [6, 6.07) is 13.7. The van der Waals surface area contributed by atoms with Gasteiger partial charge < -0.3 is 14.6 Å². The van der Waals surface area contributed by atoms with Crippen LogP contribution in [0, 0.1) is 5.82 Å². The number of halogens is 1. The van der Waals surface area contributed by atoms with Gasteiger partial charge >= 0.3 is 0 Å². The van der Waals surface area contributed by atoms with Crippen LogP contribution in [0.5, 0.6) is 0 Å². The second kappa shape index (κ2) is 9.81. The summed E-state index contributed by atoms with van der Waals surface area (Å²) in [5, 5.41) is 0. The van der Waals surface area contributed by atoms with Crippen LogP contribution in [0.4, 0.5) is 4.39 Å². The van der Waals surface area contributed by atoms with E-state index >= 15 is 0 Å². The largest absolute Gasteiger partial charge is 0.383 e. The molecule has 2 fully saturated rings. The molecule has 0 bridgehead atoms. The third-order valence-electron chi connectivity index (χ3n) is 7.34. The fourth-order valence-electron chi connectivity index (χ4n) is 5.47. The van der Waals surface area contributed by atoms with Crippen molar-refractivity contribution in [2.24, 2.45) is 0 Å². The molecule has 3 aromatic rings. The van der Waals surface area contributed by atoms with Gasteiger partial charge in [-0.05, 0) is 31.0 Å². The van der Waals surface area contributed by atoms with Gasteiger partial charge in [-0.3, -0.25) is 19.3 Å². The summed E-state index contributed by atoms with van der Waals surface area (Å²) in [5.74, 6) is -0.984. The number of benzene rings is 2. The minimum atomic E-state index is -1.57. The number of likely N-dealkylation sites (tertiary alicyclic amines) is 2. The highest BCUT2D eigenvalue weighted by Crippen LogP contribution is 2.42. The van der Waals surface area contributed by atoms with Crippen LogP contribution in [-0.4, -0.2) is 70.8 Å². The highest BCUT2D eigenvalue weighted by molar-refractivity contribution is 6.10. The van der Waals surface area contributed by atoms with Gasteiger partial charge in [-0.25, -0.2) is 9.37 Å². The minimum Gasteiger partial charge on any atom is -0.383 e. The first-order chi connectivity index (χ1) is 17.4. The molecule has 188 valence electrons. The summed E-state index contributed by atoms with van der Waals surface area (Å²) in [7, 11) is 1.48. The number of hydrogen-bond acceptors (Lipinski definition) is 5. The Labute approximate surface area is 208 Å². The number of aromatic nitrogens is 2. The molecule has 2 aliphatic heterocycles. The van der Waals surface area contributed by atoms with Gasteiger partial charge in [0.15, 0.2) is 0 Å². The quantitative estimate of drug-likeness (QED) is 0.512. The number of methoxy groups -OCH3 is 1. The van der Waals surface area contributed by atoms with E-state index in [-0.39, 0.29) is 43.4 Å². The Hall–Kier alpha value is -3.59. The van der Waals surface area contributed by atoms with Gasteiger partial charge in [0.2, 0.25) is 17.7 Å². The third kappa shape index (κ3) is 4.28. The predicted molar refractivity (Wildman–Crippen MR) is 131 cm³/mol. The van der Waals surface area contributed by atoms with Crippen molar-refractivity contribution in [3.63, 3.8) is 0 Å². The van der Waals surface area contributed by atoms with E-state index in [9.17, 15) is 18.8 Å². The Balaban J connectivity index is 1.41. The number of rotatable bonds is 7. The monoisotopic (exact) mass is 492 g/mol. The van der Waals surface area contributed by atoms with E-state index in [4.69, 9.17) is 9.72 Å². The third-order valence-corrected chi connectivity index (χ3v) is 7.34. The van der Waals surface area contributed by atoms with Crippen molar-refractivity contribution in [2.75, 3.05) is 33.4 Å². The highest BCUT2D eigenvalue weighted by Gasteiger charge is 2.55. The maximum Gasteiger partial charge on any atom is 0.241 e. The second-order valence-corrected chi connectivity index (χ2v) is 9.58. The lowest BCUT2D eigenvalue weighted by Crippen LogP contribution is -2.46. The summed E-state index contributed by atoms with van der Waals surface area (Å²) >= 11 is 0. The molecule has 8 nitrogen and oxygen atoms in total. The average Bonchev–Trinajstić information content (AvgIpc) is 3.42. The lowest BCUT2D eigenvalue weighted by atomic mass is 9.75. The summed E-state index contributed by atoms with van der Waals surface area (Å²) in [5.41, 5.74) is 0.336. The van der Waals surface area contributed by atoms with E-state index < -0.39 is 23.0 Å². The number of para-hydroxylation sites is 2. The number of amides is 3. The zero-order chi connectivity index (χ0) is 25.3. The van der Waals surface area contributed by atoms with Crippen molar-refractivity contribution in [1.82, 2.24) is 19.8 Å². The number of aromatic amines is 1. The molecule has 0 aliphatic carbocycles. The van der Waals surface area contributed by atoms with Crippen molar-refractivity contribution >= 4 is 28.8 Å². The number of piperidine rings is 1. The fourth-order valence-corrected chi connectivity index (χ4v) is 5.47. The first-order valence-corrected chi connectivity index (χ1v) is 12.2. The second-order valence-electron chi connectivity index (χ2n) is 9.58. The standard InChI is InChI=1S/C27H29FN4O4/c1-36-14-13-32-24(34)16-27(26(32)35,19-8-2-3-9-20(19)28)15-23(33)31-12-6-7-18(17-31)25-29-21-10-4-5-11-22(21)30-25/h2-5,8-11,18H,6-7,12-17H2,1H3,(H,29,30).